The quantitative estimate of drug-likeness (QED) is 0.876. The number of nitrogens with one attached hydrogen (secondary N) is 1. The fourth-order valence-corrected chi connectivity index (χ4v) is 3.04. The molecule has 0 aliphatic heterocycles. The number of hydrogen-bond donors (Lipinski definition) is 1. The highest BCUT2D eigenvalue weighted by molar-refractivity contribution is 5.26. The van der Waals surface area contributed by atoms with E-state index in [2.05, 4.69) is 48.6 Å². The maximum absolute atomic E-state index is 5.57. The molecule has 2 aromatic rings. The van der Waals surface area contributed by atoms with Gasteiger partial charge in [-0.15, -0.1) is 0 Å². The van der Waals surface area contributed by atoms with Crippen LogP contribution in [0.5, 0.6) is 0 Å². The average Bonchev–Trinajstić information content (AvgIpc) is 2.95. The molecule has 0 radical (unpaired) electrons. The van der Waals surface area contributed by atoms with Crippen molar-refractivity contribution in [1.82, 2.24) is 5.32 Å². The standard InChI is InChI=1S/C17H21NO/c1-2-15(13-7-4-3-5-8-13)18-16-9-6-10-17-14(16)11-12-19-17/h3-5,7-8,11-12,15-16,18H,2,6,9-10H2,1H3. The van der Waals surface area contributed by atoms with E-state index in [1.54, 1.807) is 0 Å². The van der Waals surface area contributed by atoms with Crippen LogP contribution in [0.2, 0.25) is 0 Å². The Bertz CT molecular complexity index is 517. The molecule has 3 rings (SSSR count). The Balaban J connectivity index is 1.78. The van der Waals surface area contributed by atoms with Gasteiger partial charge in [0.25, 0.3) is 0 Å². The first kappa shape index (κ1) is 12.5. The maximum atomic E-state index is 5.57. The molecule has 2 atom stereocenters. The lowest BCUT2D eigenvalue weighted by atomic mass is 9.91. The smallest absolute Gasteiger partial charge is 0.108 e. The molecule has 1 aliphatic rings. The number of furan rings is 1. The molecule has 0 bridgehead atoms. The van der Waals surface area contributed by atoms with Crippen molar-refractivity contribution in [3.63, 3.8) is 0 Å². The van der Waals surface area contributed by atoms with Gasteiger partial charge in [0.2, 0.25) is 0 Å². The van der Waals surface area contributed by atoms with Crippen LogP contribution in [0.1, 0.15) is 55.2 Å². The van der Waals surface area contributed by atoms with Crippen LogP contribution in [-0.2, 0) is 6.42 Å². The molecule has 1 N–H and O–H groups in total. The van der Waals surface area contributed by atoms with Crippen molar-refractivity contribution in [2.24, 2.45) is 0 Å². The molecule has 0 spiro atoms. The Labute approximate surface area is 114 Å². The fourth-order valence-electron chi connectivity index (χ4n) is 3.04. The zero-order chi connectivity index (χ0) is 13.1. The number of fused-ring (bicyclic) bond motifs is 1. The zero-order valence-corrected chi connectivity index (χ0v) is 11.4. The third-order valence-corrected chi connectivity index (χ3v) is 4.06. The lowest BCUT2D eigenvalue weighted by Crippen LogP contribution is -2.28. The van der Waals surface area contributed by atoms with E-state index in [9.17, 15) is 0 Å². The highest BCUT2D eigenvalue weighted by atomic mass is 16.3. The van der Waals surface area contributed by atoms with Crippen molar-refractivity contribution in [3.05, 3.63) is 59.5 Å². The Hall–Kier alpha value is -1.54. The topological polar surface area (TPSA) is 25.2 Å². The lowest BCUT2D eigenvalue weighted by molar-refractivity contribution is 0.371. The van der Waals surface area contributed by atoms with Gasteiger partial charge in [-0.3, -0.25) is 0 Å². The maximum Gasteiger partial charge on any atom is 0.108 e. The van der Waals surface area contributed by atoms with Crippen LogP contribution in [0.3, 0.4) is 0 Å². The number of benzene rings is 1. The van der Waals surface area contributed by atoms with Gasteiger partial charge in [-0.25, -0.2) is 0 Å². The fraction of sp³-hybridized carbons (Fsp3) is 0.412. The van der Waals surface area contributed by atoms with Crippen LogP contribution in [0.25, 0.3) is 0 Å². The van der Waals surface area contributed by atoms with Gasteiger partial charge in [0.1, 0.15) is 5.76 Å². The first-order valence-electron chi connectivity index (χ1n) is 7.25. The molecule has 1 aliphatic carbocycles. The highest BCUT2D eigenvalue weighted by Crippen LogP contribution is 2.33. The first-order valence-corrected chi connectivity index (χ1v) is 7.25. The predicted molar refractivity (Wildman–Crippen MR) is 77.0 cm³/mol. The van der Waals surface area contributed by atoms with Gasteiger partial charge < -0.3 is 9.73 Å². The molecular weight excluding hydrogens is 234 g/mol. The van der Waals surface area contributed by atoms with E-state index in [1.807, 2.05) is 6.26 Å². The summed E-state index contributed by atoms with van der Waals surface area (Å²) >= 11 is 0. The molecule has 2 nitrogen and oxygen atoms in total. The summed E-state index contributed by atoms with van der Waals surface area (Å²) in [6.45, 7) is 2.24. The molecule has 0 amide bonds. The molecule has 1 aromatic carbocycles. The van der Waals surface area contributed by atoms with Crippen LogP contribution in [0, 0.1) is 0 Å². The van der Waals surface area contributed by atoms with E-state index >= 15 is 0 Å². The summed E-state index contributed by atoms with van der Waals surface area (Å²) in [5.41, 5.74) is 2.74. The van der Waals surface area contributed by atoms with Gasteiger partial charge in [0, 0.05) is 24.1 Å². The minimum absolute atomic E-state index is 0.423. The Morgan fingerprint density at radius 2 is 2.11 bits per heavy atom. The molecule has 100 valence electrons. The van der Waals surface area contributed by atoms with Crippen molar-refractivity contribution in [3.8, 4) is 0 Å². The van der Waals surface area contributed by atoms with Gasteiger partial charge in [0.15, 0.2) is 0 Å². The molecule has 2 unspecified atom stereocenters. The van der Waals surface area contributed by atoms with Crippen molar-refractivity contribution >= 4 is 0 Å². The van der Waals surface area contributed by atoms with E-state index < -0.39 is 0 Å². The molecule has 1 aromatic heterocycles. The lowest BCUT2D eigenvalue weighted by Gasteiger charge is -2.28. The van der Waals surface area contributed by atoms with Crippen LogP contribution in [-0.4, -0.2) is 0 Å². The summed E-state index contributed by atoms with van der Waals surface area (Å²) in [6.07, 6.45) is 6.43. The molecular formula is C17H21NO. The van der Waals surface area contributed by atoms with Crippen LogP contribution < -0.4 is 5.32 Å². The predicted octanol–water partition coefficient (Wildman–Crippen LogP) is 4.40. The van der Waals surface area contributed by atoms with Crippen molar-refractivity contribution in [2.45, 2.75) is 44.7 Å². The molecule has 0 saturated carbocycles. The van der Waals surface area contributed by atoms with E-state index in [0.29, 0.717) is 12.1 Å². The van der Waals surface area contributed by atoms with Gasteiger partial charge in [-0.1, -0.05) is 37.3 Å². The number of aryl methyl sites for hydroxylation is 1. The SMILES string of the molecule is CCC(NC1CCCc2occc21)c1ccccc1. The monoisotopic (exact) mass is 255 g/mol. The largest absolute Gasteiger partial charge is 0.469 e. The third kappa shape index (κ3) is 2.59. The third-order valence-electron chi connectivity index (χ3n) is 4.06. The highest BCUT2D eigenvalue weighted by Gasteiger charge is 2.24. The van der Waals surface area contributed by atoms with Crippen LogP contribution in [0.15, 0.2) is 47.1 Å². The second kappa shape index (κ2) is 5.62. The normalized spacial score (nSPS) is 19.9. The minimum atomic E-state index is 0.423. The summed E-state index contributed by atoms with van der Waals surface area (Å²) in [6, 6.07) is 13.7. The Morgan fingerprint density at radius 1 is 1.26 bits per heavy atom. The summed E-state index contributed by atoms with van der Waals surface area (Å²) in [5.74, 6) is 1.17. The average molecular weight is 255 g/mol. The first-order chi connectivity index (χ1) is 9.38. The summed E-state index contributed by atoms with van der Waals surface area (Å²) in [4.78, 5) is 0. The second-order valence-electron chi connectivity index (χ2n) is 5.28. The molecule has 19 heavy (non-hydrogen) atoms. The number of hydrogen-bond acceptors (Lipinski definition) is 2. The molecule has 0 saturated heterocycles. The zero-order valence-electron chi connectivity index (χ0n) is 11.4. The van der Waals surface area contributed by atoms with Gasteiger partial charge in [-0.2, -0.15) is 0 Å². The molecule has 2 heteroatoms. The second-order valence-corrected chi connectivity index (χ2v) is 5.28. The van der Waals surface area contributed by atoms with Crippen LogP contribution >= 0.6 is 0 Å². The van der Waals surface area contributed by atoms with Crippen LogP contribution in [0.4, 0.5) is 0 Å². The Morgan fingerprint density at radius 3 is 2.89 bits per heavy atom. The summed E-state index contributed by atoms with van der Waals surface area (Å²) in [7, 11) is 0. The van der Waals surface area contributed by atoms with Gasteiger partial charge >= 0.3 is 0 Å². The Kier molecular flexibility index (Phi) is 3.69. The van der Waals surface area contributed by atoms with E-state index in [0.717, 1.165) is 12.8 Å². The van der Waals surface area contributed by atoms with Crippen molar-refractivity contribution in [1.29, 1.82) is 0 Å². The minimum Gasteiger partial charge on any atom is -0.469 e. The number of rotatable bonds is 4. The molecule has 0 fully saturated rings. The van der Waals surface area contributed by atoms with E-state index in [1.165, 1.54) is 29.7 Å². The summed E-state index contributed by atoms with van der Waals surface area (Å²) < 4.78 is 5.57. The van der Waals surface area contributed by atoms with Crippen molar-refractivity contribution in [2.75, 3.05) is 0 Å². The van der Waals surface area contributed by atoms with E-state index in [4.69, 9.17) is 4.42 Å². The molecule has 1 heterocycles. The van der Waals surface area contributed by atoms with Gasteiger partial charge in [-0.05, 0) is 30.9 Å². The van der Waals surface area contributed by atoms with Crippen molar-refractivity contribution < 1.29 is 4.42 Å². The summed E-state index contributed by atoms with van der Waals surface area (Å²) in [5, 5.41) is 3.80. The van der Waals surface area contributed by atoms with E-state index in [-0.39, 0.29) is 0 Å². The van der Waals surface area contributed by atoms with Gasteiger partial charge in [0.05, 0.1) is 6.26 Å².